The predicted molar refractivity (Wildman–Crippen MR) is 88.1 cm³/mol. The van der Waals surface area contributed by atoms with Crippen molar-refractivity contribution in [3.05, 3.63) is 0 Å². The quantitative estimate of drug-likeness (QED) is 0.819. The van der Waals surface area contributed by atoms with Crippen LogP contribution in [0.1, 0.15) is 32.1 Å². The maximum atomic E-state index is 12.4. The van der Waals surface area contributed by atoms with Crippen molar-refractivity contribution < 1.29 is 18.0 Å². The summed E-state index contributed by atoms with van der Waals surface area (Å²) in [5.41, 5.74) is 5.98. The maximum Gasteiger partial charge on any atom is 0.401 e. The smallest absolute Gasteiger partial charge is 0.341 e. The molecule has 0 aromatic carbocycles. The Bertz CT molecular complexity index is 372. The van der Waals surface area contributed by atoms with E-state index in [0.717, 1.165) is 19.3 Å². The van der Waals surface area contributed by atoms with Gasteiger partial charge >= 0.3 is 6.18 Å². The van der Waals surface area contributed by atoms with Crippen LogP contribution in [0.15, 0.2) is 0 Å². The fourth-order valence-electron chi connectivity index (χ4n) is 3.30. The molecule has 1 saturated carbocycles. The Labute approximate surface area is 147 Å². The molecule has 1 amide bonds. The second-order valence-corrected chi connectivity index (χ2v) is 6.18. The highest BCUT2D eigenvalue weighted by Gasteiger charge is 2.32. The topological polar surface area (TPSA) is 49.6 Å². The molecule has 1 aliphatic carbocycles. The third kappa shape index (κ3) is 7.45. The van der Waals surface area contributed by atoms with Crippen LogP contribution in [0.5, 0.6) is 0 Å². The van der Waals surface area contributed by atoms with Crippen LogP contribution in [-0.2, 0) is 4.79 Å². The van der Waals surface area contributed by atoms with Crippen molar-refractivity contribution in [2.45, 2.75) is 44.3 Å². The van der Waals surface area contributed by atoms with Gasteiger partial charge in [-0.2, -0.15) is 13.2 Å². The van der Waals surface area contributed by atoms with Crippen LogP contribution in [0.2, 0.25) is 0 Å². The van der Waals surface area contributed by atoms with E-state index in [-0.39, 0.29) is 42.7 Å². The van der Waals surface area contributed by atoms with Gasteiger partial charge in [0.2, 0.25) is 5.91 Å². The van der Waals surface area contributed by atoms with Crippen LogP contribution >= 0.6 is 24.8 Å². The van der Waals surface area contributed by atoms with Crippen molar-refractivity contribution in [3.63, 3.8) is 0 Å². The average Bonchev–Trinajstić information content (AvgIpc) is 2.63. The van der Waals surface area contributed by atoms with E-state index in [0.29, 0.717) is 39.0 Å². The van der Waals surface area contributed by atoms with Gasteiger partial charge in [-0.1, -0.05) is 6.42 Å². The molecule has 0 radical (unpaired) electrons. The van der Waals surface area contributed by atoms with Gasteiger partial charge in [-0.3, -0.25) is 9.69 Å². The van der Waals surface area contributed by atoms with Crippen molar-refractivity contribution in [2.75, 3.05) is 32.7 Å². The first-order valence-electron chi connectivity index (χ1n) is 7.67. The Morgan fingerprint density at radius 3 is 2.30 bits per heavy atom. The number of nitrogens with two attached hydrogens (primary N) is 1. The Morgan fingerprint density at radius 1 is 1.04 bits per heavy atom. The van der Waals surface area contributed by atoms with E-state index in [1.165, 1.54) is 4.90 Å². The number of rotatable bonds is 3. The number of halogens is 5. The molecule has 2 N–H and O–H groups in total. The van der Waals surface area contributed by atoms with Gasteiger partial charge in [0.05, 0.1) is 6.54 Å². The first-order chi connectivity index (χ1) is 9.85. The summed E-state index contributed by atoms with van der Waals surface area (Å²) in [5, 5.41) is 0. The lowest BCUT2D eigenvalue weighted by Crippen LogP contribution is -2.39. The van der Waals surface area contributed by atoms with E-state index in [9.17, 15) is 18.0 Å². The molecule has 2 rings (SSSR count). The van der Waals surface area contributed by atoms with Gasteiger partial charge in [0.25, 0.3) is 0 Å². The molecule has 2 atom stereocenters. The van der Waals surface area contributed by atoms with Crippen molar-refractivity contribution in [1.29, 1.82) is 0 Å². The van der Waals surface area contributed by atoms with Crippen LogP contribution in [0, 0.1) is 5.92 Å². The molecule has 2 fully saturated rings. The normalized spacial score (nSPS) is 26.2. The highest BCUT2D eigenvalue weighted by atomic mass is 35.5. The number of carbonyl (C=O) groups excluding carboxylic acids is 1. The molecule has 1 aliphatic heterocycles. The average molecular weight is 380 g/mol. The zero-order chi connectivity index (χ0) is 15.5. The predicted octanol–water partition coefficient (Wildman–Crippen LogP) is 2.44. The summed E-state index contributed by atoms with van der Waals surface area (Å²) in [6.45, 7) is 0.739. The molecule has 0 aromatic rings. The molecule has 1 heterocycles. The van der Waals surface area contributed by atoms with Crippen LogP contribution < -0.4 is 5.73 Å². The van der Waals surface area contributed by atoms with Crippen LogP contribution in [0.4, 0.5) is 13.2 Å². The van der Waals surface area contributed by atoms with Crippen molar-refractivity contribution >= 4 is 30.7 Å². The van der Waals surface area contributed by atoms with Crippen molar-refractivity contribution in [3.8, 4) is 0 Å². The van der Waals surface area contributed by atoms with Crippen molar-refractivity contribution in [2.24, 2.45) is 11.7 Å². The Balaban J connectivity index is 0.00000242. The summed E-state index contributed by atoms with van der Waals surface area (Å²) in [4.78, 5) is 15.4. The summed E-state index contributed by atoms with van der Waals surface area (Å²) in [7, 11) is 0. The zero-order valence-electron chi connectivity index (χ0n) is 13.1. The summed E-state index contributed by atoms with van der Waals surface area (Å²) >= 11 is 0. The molecule has 4 nitrogen and oxygen atoms in total. The number of nitrogens with zero attached hydrogens (tertiary/aromatic N) is 2. The molecular formula is C14H26Cl2F3N3O. The van der Waals surface area contributed by atoms with Crippen molar-refractivity contribution in [1.82, 2.24) is 9.80 Å². The van der Waals surface area contributed by atoms with Crippen LogP contribution in [0.3, 0.4) is 0 Å². The number of carbonyl (C=O) groups is 1. The van der Waals surface area contributed by atoms with Gasteiger partial charge in [0.1, 0.15) is 0 Å². The molecule has 0 bridgehead atoms. The SMILES string of the molecule is Cl.Cl.N[C@@H]1CCC[C@H]1CC(=O)N1CCCN(CC(F)(F)F)CC1. The monoisotopic (exact) mass is 379 g/mol. The summed E-state index contributed by atoms with van der Waals surface area (Å²) in [6.07, 6.45) is -0.106. The largest absolute Gasteiger partial charge is 0.401 e. The lowest BCUT2D eigenvalue weighted by atomic mass is 9.99. The Hall–Kier alpha value is -0.240. The molecule has 2 aliphatic rings. The third-order valence-corrected chi connectivity index (χ3v) is 4.50. The highest BCUT2D eigenvalue weighted by molar-refractivity contribution is 5.85. The number of amides is 1. The Morgan fingerprint density at radius 2 is 1.74 bits per heavy atom. The maximum absolute atomic E-state index is 12.4. The first-order valence-corrected chi connectivity index (χ1v) is 7.67. The van der Waals surface area contributed by atoms with E-state index in [4.69, 9.17) is 5.73 Å². The number of hydrogen-bond donors (Lipinski definition) is 1. The van der Waals surface area contributed by atoms with Crippen LogP contribution in [-0.4, -0.2) is 60.6 Å². The molecular weight excluding hydrogens is 354 g/mol. The molecule has 138 valence electrons. The molecule has 0 aromatic heterocycles. The Kier molecular flexibility index (Phi) is 9.81. The van der Waals surface area contributed by atoms with Gasteiger partial charge in [-0.15, -0.1) is 24.8 Å². The second-order valence-electron chi connectivity index (χ2n) is 6.18. The minimum atomic E-state index is -4.17. The van der Waals surface area contributed by atoms with E-state index in [1.54, 1.807) is 4.90 Å². The first kappa shape index (κ1) is 22.8. The molecule has 9 heteroatoms. The molecule has 0 unspecified atom stereocenters. The third-order valence-electron chi connectivity index (χ3n) is 4.50. The van der Waals surface area contributed by atoms with Gasteiger partial charge < -0.3 is 10.6 Å². The molecule has 1 saturated heterocycles. The number of hydrogen-bond acceptors (Lipinski definition) is 3. The van der Waals surface area contributed by atoms with Crippen LogP contribution in [0.25, 0.3) is 0 Å². The van der Waals surface area contributed by atoms with E-state index >= 15 is 0 Å². The van der Waals surface area contributed by atoms with E-state index in [2.05, 4.69) is 0 Å². The van der Waals surface area contributed by atoms with Gasteiger partial charge in [0, 0.05) is 38.6 Å². The minimum absolute atomic E-state index is 0. The molecule has 0 spiro atoms. The lowest BCUT2D eigenvalue weighted by molar-refractivity contribution is -0.145. The summed E-state index contributed by atoms with van der Waals surface area (Å²) in [6, 6.07) is 0.0997. The fraction of sp³-hybridized carbons (Fsp3) is 0.929. The summed E-state index contributed by atoms with van der Waals surface area (Å²) in [5.74, 6) is 0.290. The van der Waals surface area contributed by atoms with Gasteiger partial charge in [-0.05, 0) is 25.2 Å². The van der Waals surface area contributed by atoms with Gasteiger partial charge in [-0.25, -0.2) is 0 Å². The fourth-order valence-corrected chi connectivity index (χ4v) is 3.30. The molecule has 23 heavy (non-hydrogen) atoms. The van der Waals surface area contributed by atoms with E-state index < -0.39 is 12.7 Å². The minimum Gasteiger partial charge on any atom is -0.341 e. The zero-order valence-corrected chi connectivity index (χ0v) is 14.7. The second kappa shape index (κ2) is 9.91. The lowest BCUT2D eigenvalue weighted by Gasteiger charge is -2.24. The standard InChI is InChI=1S/C14H24F3N3O.2ClH/c15-14(16,17)10-19-5-2-6-20(8-7-19)13(21)9-11-3-1-4-12(11)18;;/h11-12H,1-10,18H2;2*1H/t11-,12+;;/m0../s1. The number of alkyl halides is 3. The summed E-state index contributed by atoms with van der Waals surface area (Å²) < 4.78 is 37.2. The van der Waals surface area contributed by atoms with Gasteiger partial charge in [0.15, 0.2) is 0 Å². The van der Waals surface area contributed by atoms with E-state index in [1.807, 2.05) is 0 Å². The highest BCUT2D eigenvalue weighted by Crippen LogP contribution is 2.27.